The van der Waals surface area contributed by atoms with Crippen LogP contribution in [0, 0.1) is 0 Å². The van der Waals surface area contributed by atoms with Crippen LogP contribution in [0.4, 0.5) is 0 Å². The molecule has 3 aromatic rings. The van der Waals surface area contributed by atoms with Crippen LogP contribution in [0.2, 0.25) is 0 Å². The van der Waals surface area contributed by atoms with Crippen LogP contribution in [0.25, 0.3) is 5.76 Å². The summed E-state index contributed by atoms with van der Waals surface area (Å²) in [5.74, 6) is -0.156. The lowest BCUT2D eigenvalue weighted by Gasteiger charge is -2.25. The number of amides is 1. The van der Waals surface area contributed by atoms with Gasteiger partial charge in [0.1, 0.15) is 23.4 Å². The third-order valence-electron chi connectivity index (χ3n) is 6.31. The number of rotatable bonds is 5. The van der Waals surface area contributed by atoms with Crippen molar-refractivity contribution in [2.24, 2.45) is 0 Å². The van der Waals surface area contributed by atoms with E-state index in [0.29, 0.717) is 16.9 Å². The third-order valence-corrected chi connectivity index (χ3v) is 6.31. The number of likely N-dealkylation sites (tertiary alicyclic amines) is 1. The molecule has 2 atom stereocenters. The first kappa shape index (κ1) is 21.8. The smallest absolute Gasteiger partial charge is 0.295 e. The van der Waals surface area contributed by atoms with Crippen LogP contribution in [0.15, 0.2) is 78.4 Å². The standard InChI is InChI=1S/C28H25NO5/c1-17-13-21-14-20(11-12-23(21)34-17)26(30)24-25(19-9-6-10-22(15-19)33-2)29(28(32)27(24)31)16-18-7-4-3-5-8-18/h3-12,14-15,17,25,30H,13,16H2,1-2H3/b26-24+/t17-,25+/m0/s1. The molecule has 0 radical (unpaired) electrons. The molecule has 6 heteroatoms. The Morgan fingerprint density at radius 3 is 2.62 bits per heavy atom. The van der Waals surface area contributed by atoms with Crippen molar-refractivity contribution in [3.05, 3.63) is 101 Å². The Kier molecular flexibility index (Phi) is 5.57. The number of benzene rings is 3. The Morgan fingerprint density at radius 2 is 1.85 bits per heavy atom. The number of aliphatic hydroxyl groups is 1. The van der Waals surface area contributed by atoms with Crippen molar-refractivity contribution >= 4 is 17.4 Å². The zero-order valence-corrected chi connectivity index (χ0v) is 19.0. The van der Waals surface area contributed by atoms with E-state index in [1.165, 1.54) is 4.90 Å². The minimum absolute atomic E-state index is 0.0561. The van der Waals surface area contributed by atoms with Gasteiger partial charge < -0.3 is 19.5 Å². The number of hydrogen-bond donors (Lipinski definition) is 1. The van der Waals surface area contributed by atoms with Crippen molar-refractivity contribution in [1.82, 2.24) is 4.90 Å². The summed E-state index contributed by atoms with van der Waals surface area (Å²) in [6, 6.07) is 21.3. The first-order valence-electron chi connectivity index (χ1n) is 11.2. The molecule has 172 valence electrons. The summed E-state index contributed by atoms with van der Waals surface area (Å²) in [7, 11) is 1.56. The summed E-state index contributed by atoms with van der Waals surface area (Å²) in [5, 5.41) is 11.4. The largest absolute Gasteiger partial charge is 0.507 e. The average molecular weight is 456 g/mol. The summed E-state index contributed by atoms with van der Waals surface area (Å²) < 4.78 is 11.1. The number of ketones is 1. The van der Waals surface area contributed by atoms with E-state index in [1.807, 2.05) is 55.5 Å². The predicted octanol–water partition coefficient (Wildman–Crippen LogP) is 4.64. The summed E-state index contributed by atoms with van der Waals surface area (Å²) in [6.07, 6.45) is 0.776. The van der Waals surface area contributed by atoms with Gasteiger partial charge in [0, 0.05) is 18.5 Å². The number of methoxy groups -OCH3 is 1. The van der Waals surface area contributed by atoms with Gasteiger partial charge >= 0.3 is 0 Å². The van der Waals surface area contributed by atoms with Gasteiger partial charge in [0.25, 0.3) is 11.7 Å². The van der Waals surface area contributed by atoms with E-state index >= 15 is 0 Å². The summed E-state index contributed by atoms with van der Waals surface area (Å²) >= 11 is 0. The number of nitrogens with zero attached hydrogens (tertiary/aromatic N) is 1. The summed E-state index contributed by atoms with van der Waals surface area (Å²) in [4.78, 5) is 28.0. The molecule has 1 amide bonds. The zero-order valence-electron chi connectivity index (χ0n) is 19.0. The molecule has 34 heavy (non-hydrogen) atoms. The lowest BCUT2D eigenvalue weighted by Crippen LogP contribution is -2.29. The van der Waals surface area contributed by atoms with Crippen LogP contribution in [0.1, 0.15) is 35.2 Å². The van der Waals surface area contributed by atoms with Crippen LogP contribution in [0.3, 0.4) is 0 Å². The van der Waals surface area contributed by atoms with Gasteiger partial charge in [-0.05, 0) is 53.9 Å². The number of ether oxygens (including phenoxy) is 2. The van der Waals surface area contributed by atoms with E-state index in [2.05, 4.69) is 0 Å². The van der Waals surface area contributed by atoms with Crippen molar-refractivity contribution in [3.63, 3.8) is 0 Å². The highest BCUT2D eigenvalue weighted by atomic mass is 16.5. The monoisotopic (exact) mass is 455 g/mol. The minimum Gasteiger partial charge on any atom is -0.507 e. The molecule has 2 heterocycles. The fourth-order valence-corrected chi connectivity index (χ4v) is 4.71. The van der Waals surface area contributed by atoms with Crippen LogP contribution >= 0.6 is 0 Å². The normalized spacial score (nSPS) is 20.8. The Hall–Kier alpha value is -4.06. The van der Waals surface area contributed by atoms with Gasteiger partial charge in [0.15, 0.2) is 0 Å². The average Bonchev–Trinajstić information content (AvgIpc) is 3.35. The van der Waals surface area contributed by atoms with Crippen molar-refractivity contribution in [2.45, 2.75) is 32.0 Å². The molecule has 2 aliphatic rings. The highest BCUT2D eigenvalue weighted by molar-refractivity contribution is 6.46. The van der Waals surface area contributed by atoms with E-state index in [1.54, 1.807) is 31.4 Å². The molecule has 6 nitrogen and oxygen atoms in total. The molecule has 1 saturated heterocycles. The SMILES string of the molecule is COc1cccc([C@@H]2/C(=C(\O)c3ccc4c(c3)C[C@H](C)O4)C(=O)C(=O)N2Cc2ccccc2)c1. The van der Waals surface area contributed by atoms with E-state index in [4.69, 9.17) is 9.47 Å². The van der Waals surface area contributed by atoms with Crippen LogP contribution in [0.5, 0.6) is 11.5 Å². The van der Waals surface area contributed by atoms with E-state index < -0.39 is 17.7 Å². The Labute approximate surface area is 198 Å². The van der Waals surface area contributed by atoms with Gasteiger partial charge in [0.2, 0.25) is 0 Å². The van der Waals surface area contributed by atoms with Crippen LogP contribution in [-0.4, -0.2) is 34.9 Å². The second-order valence-corrected chi connectivity index (χ2v) is 8.64. The molecule has 0 saturated carbocycles. The lowest BCUT2D eigenvalue weighted by atomic mass is 9.94. The maximum absolute atomic E-state index is 13.3. The van der Waals surface area contributed by atoms with Crippen molar-refractivity contribution in [2.75, 3.05) is 7.11 Å². The van der Waals surface area contributed by atoms with Crippen molar-refractivity contribution in [1.29, 1.82) is 0 Å². The number of Topliss-reactive ketones (excluding diaryl/α,β-unsaturated/α-hetero) is 1. The Bertz CT molecular complexity index is 1300. The van der Waals surface area contributed by atoms with Gasteiger partial charge in [-0.15, -0.1) is 0 Å². The Balaban J connectivity index is 1.64. The molecule has 0 aliphatic carbocycles. The van der Waals surface area contributed by atoms with E-state index in [0.717, 1.165) is 23.3 Å². The lowest BCUT2D eigenvalue weighted by molar-refractivity contribution is -0.140. The van der Waals surface area contributed by atoms with Crippen LogP contribution < -0.4 is 9.47 Å². The number of carbonyl (C=O) groups excluding carboxylic acids is 2. The van der Waals surface area contributed by atoms with Gasteiger partial charge in [-0.3, -0.25) is 9.59 Å². The maximum Gasteiger partial charge on any atom is 0.295 e. The molecule has 0 unspecified atom stereocenters. The number of carbonyl (C=O) groups is 2. The summed E-state index contributed by atoms with van der Waals surface area (Å²) in [5.41, 5.74) is 3.10. The zero-order chi connectivity index (χ0) is 23.8. The van der Waals surface area contributed by atoms with Crippen LogP contribution in [-0.2, 0) is 22.6 Å². The highest BCUT2D eigenvalue weighted by Gasteiger charge is 2.46. The molecular formula is C28H25NO5. The molecule has 2 aliphatic heterocycles. The number of hydrogen-bond acceptors (Lipinski definition) is 5. The fraction of sp³-hybridized carbons (Fsp3) is 0.214. The van der Waals surface area contributed by atoms with E-state index in [9.17, 15) is 14.7 Å². The quantitative estimate of drug-likeness (QED) is 0.345. The molecule has 0 aromatic heterocycles. The predicted molar refractivity (Wildman–Crippen MR) is 128 cm³/mol. The molecule has 0 bridgehead atoms. The second-order valence-electron chi connectivity index (χ2n) is 8.64. The molecule has 5 rings (SSSR count). The first-order valence-corrected chi connectivity index (χ1v) is 11.2. The molecule has 1 N–H and O–H groups in total. The fourth-order valence-electron chi connectivity index (χ4n) is 4.71. The van der Waals surface area contributed by atoms with Crippen molar-refractivity contribution < 1.29 is 24.2 Å². The van der Waals surface area contributed by atoms with E-state index in [-0.39, 0.29) is 24.0 Å². The van der Waals surface area contributed by atoms with Gasteiger partial charge in [-0.25, -0.2) is 0 Å². The maximum atomic E-state index is 13.3. The first-order chi connectivity index (χ1) is 16.5. The number of fused-ring (bicyclic) bond motifs is 1. The number of aliphatic hydroxyl groups excluding tert-OH is 1. The second kappa shape index (κ2) is 8.71. The van der Waals surface area contributed by atoms with Gasteiger partial charge in [-0.2, -0.15) is 0 Å². The molecule has 3 aromatic carbocycles. The van der Waals surface area contributed by atoms with Gasteiger partial charge in [0.05, 0.1) is 18.7 Å². The highest BCUT2D eigenvalue weighted by Crippen LogP contribution is 2.42. The molecular weight excluding hydrogens is 430 g/mol. The van der Waals surface area contributed by atoms with Crippen molar-refractivity contribution in [3.8, 4) is 11.5 Å². The Morgan fingerprint density at radius 1 is 1.06 bits per heavy atom. The molecule has 0 spiro atoms. The summed E-state index contributed by atoms with van der Waals surface area (Å²) in [6.45, 7) is 2.22. The minimum atomic E-state index is -0.751. The third kappa shape index (κ3) is 3.81. The topological polar surface area (TPSA) is 76.1 Å². The van der Waals surface area contributed by atoms with Gasteiger partial charge in [-0.1, -0.05) is 42.5 Å². The molecule has 1 fully saturated rings.